The highest BCUT2D eigenvalue weighted by Gasteiger charge is 2.15. The van der Waals surface area contributed by atoms with Gasteiger partial charge in [-0.25, -0.2) is 0 Å². The van der Waals surface area contributed by atoms with Crippen LogP contribution in [-0.4, -0.2) is 19.7 Å². The minimum absolute atomic E-state index is 1.01. The minimum atomic E-state index is 1.01. The molecule has 0 bridgehead atoms. The fourth-order valence-corrected chi connectivity index (χ4v) is 3.55. The zero-order valence-corrected chi connectivity index (χ0v) is 14.7. The average molecular weight is 338 g/mol. The Balaban J connectivity index is 1.85. The number of hydrogen-bond acceptors (Lipinski definition) is 2. The predicted molar refractivity (Wildman–Crippen MR) is 106 cm³/mol. The molecule has 5 rings (SSSR count). The third kappa shape index (κ3) is 2.23. The van der Waals surface area contributed by atoms with Crippen molar-refractivity contribution in [2.45, 2.75) is 6.92 Å². The van der Waals surface area contributed by atoms with Gasteiger partial charge in [0.05, 0.1) is 29.1 Å². The first-order chi connectivity index (χ1) is 12.7. The molecule has 0 radical (unpaired) electrons. The van der Waals surface area contributed by atoms with Crippen molar-refractivity contribution in [1.82, 2.24) is 19.7 Å². The van der Waals surface area contributed by atoms with Gasteiger partial charge < -0.3 is 4.57 Å². The molecule has 126 valence electrons. The van der Waals surface area contributed by atoms with Gasteiger partial charge in [-0.2, -0.15) is 5.10 Å². The summed E-state index contributed by atoms with van der Waals surface area (Å²) in [6.45, 7) is 2.10. The van der Waals surface area contributed by atoms with E-state index in [2.05, 4.69) is 83.5 Å². The third-order valence-corrected chi connectivity index (χ3v) is 5.00. The molecule has 0 aliphatic rings. The lowest BCUT2D eigenvalue weighted by Gasteiger charge is -2.12. The first kappa shape index (κ1) is 14.9. The SMILES string of the molecule is Cc1ccc(-c2ncc3c(ccn3C)c2-c2ccc3[nH]ncc3c2)cc1. The summed E-state index contributed by atoms with van der Waals surface area (Å²) in [5.41, 5.74) is 7.86. The Morgan fingerprint density at radius 1 is 0.923 bits per heavy atom. The molecular formula is C22H18N4. The summed E-state index contributed by atoms with van der Waals surface area (Å²) in [5, 5.41) is 9.48. The van der Waals surface area contributed by atoms with Gasteiger partial charge in [0.25, 0.3) is 0 Å². The Morgan fingerprint density at radius 2 is 1.73 bits per heavy atom. The summed E-state index contributed by atoms with van der Waals surface area (Å²) < 4.78 is 2.11. The molecule has 4 heteroatoms. The van der Waals surface area contributed by atoms with E-state index in [-0.39, 0.29) is 0 Å². The third-order valence-electron chi connectivity index (χ3n) is 5.00. The standard InChI is InChI=1S/C22H18N4/c1-14-3-5-15(6-4-14)22-21(18-9-10-26(2)20(18)13-23-22)16-7-8-19-17(11-16)12-24-25-19/h3-13H,1-2H3,(H,24,25). The van der Waals surface area contributed by atoms with E-state index in [1.165, 1.54) is 10.9 Å². The van der Waals surface area contributed by atoms with Gasteiger partial charge in [0, 0.05) is 35.1 Å². The number of nitrogens with one attached hydrogen (secondary N) is 1. The number of aromatic nitrogens is 4. The van der Waals surface area contributed by atoms with E-state index in [9.17, 15) is 0 Å². The Labute approximate surface area is 151 Å². The Bertz CT molecular complexity index is 1240. The molecule has 1 N–H and O–H groups in total. The second kappa shape index (κ2) is 5.56. The number of aromatic amines is 1. The second-order valence-corrected chi connectivity index (χ2v) is 6.75. The van der Waals surface area contributed by atoms with Crippen LogP contribution in [0.2, 0.25) is 0 Å². The van der Waals surface area contributed by atoms with E-state index in [0.29, 0.717) is 0 Å². The van der Waals surface area contributed by atoms with Crippen LogP contribution in [0.1, 0.15) is 5.56 Å². The van der Waals surface area contributed by atoms with Crippen LogP contribution in [0.4, 0.5) is 0 Å². The molecule has 4 nitrogen and oxygen atoms in total. The number of fused-ring (bicyclic) bond motifs is 2. The highest BCUT2D eigenvalue weighted by molar-refractivity contribution is 6.03. The normalized spacial score (nSPS) is 11.5. The van der Waals surface area contributed by atoms with Crippen molar-refractivity contribution in [3.8, 4) is 22.4 Å². The van der Waals surface area contributed by atoms with E-state index in [1.54, 1.807) is 0 Å². The molecule has 3 heterocycles. The first-order valence-corrected chi connectivity index (χ1v) is 8.65. The Hall–Kier alpha value is -3.40. The van der Waals surface area contributed by atoms with E-state index in [4.69, 9.17) is 4.98 Å². The highest BCUT2D eigenvalue weighted by Crippen LogP contribution is 2.37. The summed E-state index contributed by atoms with van der Waals surface area (Å²) in [6.07, 6.45) is 5.92. The molecule has 0 spiro atoms. The topological polar surface area (TPSA) is 46.5 Å². The fraction of sp³-hybridized carbons (Fsp3) is 0.0909. The van der Waals surface area contributed by atoms with Gasteiger partial charge in [0.1, 0.15) is 0 Å². The molecule has 3 aromatic heterocycles. The fourth-order valence-electron chi connectivity index (χ4n) is 3.55. The van der Waals surface area contributed by atoms with Gasteiger partial charge in [-0.15, -0.1) is 0 Å². The van der Waals surface area contributed by atoms with Crippen LogP contribution < -0.4 is 0 Å². The summed E-state index contributed by atoms with van der Waals surface area (Å²) in [4.78, 5) is 4.84. The zero-order chi connectivity index (χ0) is 17.7. The molecule has 0 amide bonds. The van der Waals surface area contributed by atoms with E-state index in [0.717, 1.165) is 38.8 Å². The van der Waals surface area contributed by atoms with Gasteiger partial charge in [-0.1, -0.05) is 35.9 Å². The van der Waals surface area contributed by atoms with Gasteiger partial charge >= 0.3 is 0 Å². The number of H-pyrrole nitrogens is 1. The summed E-state index contributed by atoms with van der Waals surface area (Å²) in [7, 11) is 2.05. The van der Waals surface area contributed by atoms with Gasteiger partial charge in [0.2, 0.25) is 0 Å². The molecule has 0 aliphatic carbocycles. The van der Waals surface area contributed by atoms with E-state index in [1.807, 2.05) is 12.4 Å². The number of nitrogens with zero attached hydrogens (tertiary/aromatic N) is 3. The van der Waals surface area contributed by atoms with Gasteiger partial charge in [0.15, 0.2) is 0 Å². The van der Waals surface area contributed by atoms with Gasteiger partial charge in [-0.3, -0.25) is 10.1 Å². The molecule has 0 unspecified atom stereocenters. The van der Waals surface area contributed by atoms with Crippen LogP contribution in [-0.2, 0) is 7.05 Å². The number of hydrogen-bond donors (Lipinski definition) is 1. The van der Waals surface area contributed by atoms with Crippen molar-refractivity contribution < 1.29 is 0 Å². The maximum Gasteiger partial charge on any atom is 0.0788 e. The molecule has 0 saturated carbocycles. The van der Waals surface area contributed by atoms with E-state index >= 15 is 0 Å². The lowest BCUT2D eigenvalue weighted by Crippen LogP contribution is -1.93. The van der Waals surface area contributed by atoms with Crippen LogP contribution in [0.5, 0.6) is 0 Å². The minimum Gasteiger partial charge on any atom is -0.349 e. The number of pyridine rings is 1. The second-order valence-electron chi connectivity index (χ2n) is 6.75. The van der Waals surface area contributed by atoms with Gasteiger partial charge in [-0.05, 0) is 30.7 Å². The maximum absolute atomic E-state index is 4.84. The molecule has 2 aromatic carbocycles. The number of benzene rings is 2. The molecule has 0 fully saturated rings. The van der Waals surface area contributed by atoms with E-state index < -0.39 is 0 Å². The van der Waals surface area contributed by atoms with Crippen LogP contribution in [0, 0.1) is 6.92 Å². The Morgan fingerprint density at radius 3 is 2.58 bits per heavy atom. The van der Waals surface area contributed by atoms with Crippen molar-refractivity contribution in [2.24, 2.45) is 7.05 Å². The lowest BCUT2D eigenvalue weighted by atomic mass is 9.95. The molecule has 0 saturated heterocycles. The Kier molecular flexibility index (Phi) is 3.19. The monoisotopic (exact) mass is 338 g/mol. The van der Waals surface area contributed by atoms with Crippen molar-refractivity contribution in [3.05, 3.63) is 72.7 Å². The summed E-state index contributed by atoms with van der Waals surface area (Å²) in [5.74, 6) is 0. The largest absolute Gasteiger partial charge is 0.349 e. The van der Waals surface area contributed by atoms with Crippen molar-refractivity contribution in [3.63, 3.8) is 0 Å². The quantitative estimate of drug-likeness (QED) is 0.487. The van der Waals surface area contributed by atoms with Crippen LogP contribution in [0.3, 0.4) is 0 Å². The van der Waals surface area contributed by atoms with Crippen molar-refractivity contribution in [1.29, 1.82) is 0 Å². The molecule has 0 atom stereocenters. The highest BCUT2D eigenvalue weighted by atomic mass is 15.1. The van der Waals surface area contributed by atoms with Crippen LogP contribution >= 0.6 is 0 Å². The summed E-state index contributed by atoms with van der Waals surface area (Å²) >= 11 is 0. The smallest absolute Gasteiger partial charge is 0.0788 e. The average Bonchev–Trinajstić information content (AvgIpc) is 3.28. The lowest BCUT2D eigenvalue weighted by molar-refractivity contribution is 0.965. The number of rotatable bonds is 2. The molecule has 5 aromatic rings. The zero-order valence-electron chi connectivity index (χ0n) is 14.7. The first-order valence-electron chi connectivity index (χ1n) is 8.65. The summed E-state index contributed by atoms with van der Waals surface area (Å²) in [6, 6.07) is 17.1. The van der Waals surface area contributed by atoms with Crippen LogP contribution in [0.25, 0.3) is 44.2 Å². The maximum atomic E-state index is 4.84. The van der Waals surface area contributed by atoms with Crippen molar-refractivity contribution >= 4 is 21.8 Å². The molecule has 26 heavy (non-hydrogen) atoms. The van der Waals surface area contributed by atoms with Crippen LogP contribution in [0.15, 0.2) is 67.1 Å². The predicted octanol–water partition coefficient (Wildman–Crippen LogP) is 5.09. The molecular weight excluding hydrogens is 320 g/mol. The van der Waals surface area contributed by atoms with Crippen molar-refractivity contribution in [2.75, 3.05) is 0 Å². The molecule has 0 aliphatic heterocycles. The number of aryl methyl sites for hydroxylation is 2.